The summed E-state index contributed by atoms with van der Waals surface area (Å²) >= 11 is 0. The number of hydrogen-bond acceptors (Lipinski definition) is 2. The fraction of sp³-hybridized carbons (Fsp3) is 0.462. The predicted octanol–water partition coefficient (Wildman–Crippen LogP) is 2.15. The first-order valence-electron chi connectivity index (χ1n) is 5.98. The summed E-state index contributed by atoms with van der Waals surface area (Å²) in [4.78, 5) is 1.97. The zero-order chi connectivity index (χ0) is 11.8. The van der Waals surface area contributed by atoms with Gasteiger partial charge in [-0.3, -0.25) is 5.41 Å². The molecule has 1 N–H and O–H groups in total. The maximum Gasteiger partial charge on any atom is 0.128 e. The van der Waals surface area contributed by atoms with E-state index < -0.39 is 0 Å². The van der Waals surface area contributed by atoms with Gasteiger partial charge in [-0.05, 0) is 30.5 Å². The maximum atomic E-state index is 13.1. The van der Waals surface area contributed by atoms with Gasteiger partial charge in [-0.25, -0.2) is 4.39 Å². The van der Waals surface area contributed by atoms with Crippen molar-refractivity contribution in [1.82, 2.24) is 4.90 Å². The molecular formula is C13H15FN2O. The summed E-state index contributed by atoms with van der Waals surface area (Å²) in [5, 5.41) is 8.05. The third-order valence-corrected chi connectivity index (χ3v) is 3.45. The molecule has 0 radical (unpaired) electrons. The average Bonchev–Trinajstić information content (AvgIpc) is 2.91. The molecule has 1 saturated heterocycles. The number of fused-ring (bicyclic) bond motifs is 1. The third kappa shape index (κ3) is 1.93. The van der Waals surface area contributed by atoms with E-state index in [0.29, 0.717) is 12.4 Å². The van der Waals surface area contributed by atoms with Crippen molar-refractivity contribution in [3.05, 3.63) is 35.1 Å². The van der Waals surface area contributed by atoms with E-state index in [2.05, 4.69) is 0 Å². The second-order valence-electron chi connectivity index (χ2n) is 4.67. The Morgan fingerprint density at radius 1 is 1.47 bits per heavy atom. The zero-order valence-corrected chi connectivity index (χ0v) is 9.58. The summed E-state index contributed by atoms with van der Waals surface area (Å²) in [7, 11) is 0. The fourth-order valence-corrected chi connectivity index (χ4v) is 2.55. The van der Waals surface area contributed by atoms with Crippen LogP contribution in [-0.2, 0) is 11.3 Å². The topological polar surface area (TPSA) is 36.3 Å². The van der Waals surface area contributed by atoms with Crippen LogP contribution in [0, 0.1) is 11.2 Å². The number of nitrogens with one attached hydrogen (secondary N) is 1. The van der Waals surface area contributed by atoms with Crippen molar-refractivity contribution in [1.29, 1.82) is 5.41 Å². The molecule has 2 heterocycles. The smallest absolute Gasteiger partial charge is 0.128 e. The first-order valence-corrected chi connectivity index (χ1v) is 5.98. The molecule has 0 saturated carbocycles. The first kappa shape index (κ1) is 10.7. The maximum absolute atomic E-state index is 13.1. The van der Waals surface area contributed by atoms with Crippen molar-refractivity contribution in [2.24, 2.45) is 0 Å². The molecule has 1 atom stereocenters. The summed E-state index contributed by atoms with van der Waals surface area (Å²) in [6.45, 7) is 2.27. The lowest BCUT2D eigenvalue weighted by Crippen LogP contribution is -2.32. The number of halogens is 1. The number of nitrogens with zero attached hydrogens (tertiary/aromatic N) is 1. The molecule has 3 rings (SSSR count). The Labute approximate surface area is 99.7 Å². The lowest BCUT2D eigenvalue weighted by molar-refractivity contribution is 0.0911. The summed E-state index contributed by atoms with van der Waals surface area (Å²) < 4.78 is 18.7. The van der Waals surface area contributed by atoms with Gasteiger partial charge in [-0.2, -0.15) is 0 Å². The first-order chi connectivity index (χ1) is 8.24. The minimum Gasteiger partial charge on any atom is -0.376 e. The molecule has 4 heteroatoms. The highest BCUT2D eigenvalue weighted by molar-refractivity contribution is 6.00. The second-order valence-corrected chi connectivity index (χ2v) is 4.67. The second kappa shape index (κ2) is 4.11. The van der Waals surface area contributed by atoms with Gasteiger partial charge in [0.15, 0.2) is 0 Å². The molecule has 0 aliphatic carbocycles. The highest BCUT2D eigenvalue weighted by atomic mass is 19.1. The molecule has 2 aliphatic rings. The predicted molar refractivity (Wildman–Crippen MR) is 62.6 cm³/mol. The number of hydrogen-bond donors (Lipinski definition) is 1. The van der Waals surface area contributed by atoms with Crippen LogP contribution in [0.3, 0.4) is 0 Å². The van der Waals surface area contributed by atoms with Crippen LogP contribution in [0.15, 0.2) is 18.2 Å². The Morgan fingerprint density at radius 3 is 3.12 bits per heavy atom. The van der Waals surface area contributed by atoms with E-state index in [9.17, 15) is 4.39 Å². The van der Waals surface area contributed by atoms with Crippen molar-refractivity contribution >= 4 is 5.84 Å². The van der Waals surface area contributed by atoms with E-state index >= 15 is 0 Å². The van der Waals surface area contributed by atoms with E-state index in [1.807, 2.05) is 4.90 Å². The third-order valence-electron chi connectivity index (χ3n) is 3.45. The van der Waals surface area contributed by atoms with Gasteiger partial charge in [0.2, 0.25) is 0 Å². The lowest BCUT2D eigenvalue weighted by atomic mass is 10.1. The van der Waals surface area contributed by atoms with Crippen LogP contribution >= 0.6 is 0 Å². The van der Waals surface area contributed by atoms with E-state index in [-0.39, 0.29) is 11.9 Å². The van der Waals surface area contributed by atoms with Gasteiger partial charge in [-0.1, -0.05) is 6.07 Å². The summed E-state index contributed by atoms with van der Waals surface area (Å²) in [6.07, 6.45) is 2.40. The molecule has 3 nitrogen and oxygen atoms in total. The van der Waals surface area contributed by atoms with Gasteiger partial charge in [0.1, 0.15) is 11.7 Å². The molecule has 1 aromatic carbocycles. The van der Waals surface area contributed by atoms with Gasteiger partial charge < -0.3 is 9.64 Å². The van der Waals surface area contributed by atoms with Crippen LogP contribution in [0.4, 0.5) is 4.39 Å². The monoisotopic (exact) mass is 234 g/mol. The number of benzene rings is 1. The molecule has 1 unspecified atom stereocenters. The summed E-state index contributed by atoms with van der Waals surface area (Å²) in [6, 6.07) is 4.68. The molecule has 90 valence electrons. The molecule has 2 aliphatic heterocycles. The van der Waals surface area contributed by atoms with E-state index in [1.54, 1.807) is 6.07 Å². The molecule has 0 aromatic heterocycles. The van der Waals surface area contributed by atoms with Gasteiger partial charge in [0.05, 0.1) is 6.10 Å². The lowest BCUT2D eigenvalue weighted by Gasteiger charge is -2.21. The molecule has 1 fully saturated rings. The van der Waals surface area contributed by atoms with Crippen LogP contribution in [-0.4, -0.2) is 30.0 Å². The van der Waals surface area contributed by atoms with Crippen LogP contribution in [0.1, 0.15) is 24.0 Å². The van der Waals surface area contributed by atoms with Crippen LogP contribution in [0.2, 0.25) is 0 Å². The Balaban J connectivity index is 1.76. The molecule has 0 bridgehead atoms. The Kier molecular flexibility index (Phi) is 2.59. The normalized spacial score (nSPS) is 23.2. The van der Waals surface area contributed by atoms with Gasteiger partial charge >= 0.3 is 0 Å². The van der Waals surface area contributed by atoms with Crippen LogP contribution < -0.4 is 0 Å². The number of amidine groups is 1. The molecule has 1 aromatic rings. The highest BCUT2D eigenvalue weighted by Crippen LogP contribution is 2.25. The number of ether oxygens (including phenoxy) is 1. The largest absolute Gasteiger partial charge is 0.376 e. The Hall–Kier alpha value is -1.42. The molecule has 0 amide bonds. The molecule has 17 heavy (non-hydrogen) atoms. The highest BCUT2D eigenvalue weighted by Gasteiger charge is 2.28. The minimum atomic E-state index is -0.271. The molecular weight excluding hydrogens is 219 g/mol. The van der Waals surface area contributed by atoms with E-state index in [0.717, 1.165) is 37.1 Å². The van der Waals surface area contributed by atoms with E-state index in [1.165, 1.54) is 12.1 Å². The van der Waals surface area contributed by atoms with Crippen molar-refractivity contribution in [2.75, 3.05) is 13.2 Å². The fourth-order valence-electron chi connectivity index (χ4n) is 2.55. The van der Waals surface area contributed by atoms with Crippen molar-refractivity contribution < 1.29 is 9.13 Å². The van der Waals surface area contributed by atoms with E-state index in [4.69, 9.17) is 10.1 Å². The van der Waals surface area contributed by atoms with Gasteiger partial charge in [0.25, 0.3) is 0 Å². The SMILES string of the molecule is N=C1c2cc(F)ccc2CN1CC1CCCO1. The van der Waals surface area contributed by atoms with Gasteiger partial charge in [-0.15, -0.1) is 0 Å². The van der Waals surface area contributed by atoms with Crippen molar-refractivity contribution in [3.63, 3.8) is 0 Å². The molecule has 0 spiro atoms. The quantitative estimate of drug-likeness (QED) is 0.851. The van der Waals surface area contributed by atoms with Crippen LogP contribution in [0.5, 0.6) is 0 Å². The summed E-state index contributed by atoms with van der Waals surface area (Å²) in [5.41, 5.74) is 1.76. The standard InChI is InChI=1S/C13H15FN2O/c14-10-4-3-9-7-16(13(15)12(9)6-10)8-11-2-1-5-17-11/h3-4,6,11,15H,1-2,5,7-8H2. The van der Waals surface area contributed by atoms with Crippen molar-refractivity contribution in [3.8, 4) is 0 Å². The number of rotatable bonds is 2. The average molecular weight is 234 g/mol. The minimum absolute atomic E-state index is 0.231. The Bertz CT molecular complexity index is 455. The summed E-state index contributed by atoms with van der Waals surface area (Å²) in [5.74, 6) is 0.155. The Morgan fingerprint density at radius 2 is 2.35 bits per heavy atom. The van der Waals surface area contributed by atoms with Crippen LogP contribution in [0.25, 0.3) is 0 Å². The van der Waals surface area contributed by atoms with Crippen molar-refractivity contribution in [2.45, 2.75) is 25.5 Å². The van der Waals surface area contributed by atoms with Gasteiger partial charge in [0, 0.05) is 25.3 Å². The zero-order valence-electron chi connectivity index (χ0n) is 9.58.